The molecule has 0 saturated carbocycles. The number of nitrogens with one attached hydrogen (secondary N) is 1. The van der Waals surface area contributed by atoms with Crippen LogP contribution in [0.25, 0.3) is 0 Å². The standard InChI is InChI=1S/C20H18BrFN2O2S/c1-19(10-12-3-6-14(22)7-4-12)11-20(17(25)24(2)18(27)23-20)15-9-13(21)5-8-16(15)26-19/h3-9H,10-11H2,1-2H3,(H,23,27). The summed E-state index contributed by atoms with van der Waals surface area (Å²) in [4.78, 5) is 14.7. The van der Waals surface area contributed by atoms with Gasteiger partial charge in [-0.2, -0.15) is 0 Å². The number of amides is 1. The highest BCUT2D eigenvalue weighted by atomic mass is 79.9. The minimum Gasteiger partial charge on any atom is -0.487 e. The van der Waals surface area contributed by atoms with E-state index in [1.54, 1.807) is 19.2 Å². The van der Waals surface area contributed by atoms with E-state index in [1.165, 1.54) is 17.0 Å². The second-order valence-corrected chi connectivity index (χ2v) is 8.67. The monoisotopic (exact) mass is 448 g/mol. The summed E-state index contributed by atoms with van der Waals surface area (Å²) in [6.07, 6.45) is 0.945. The third kappa shape index (κ3) is 3.02. The van der Waals surface area contributed by atoms with Crippen molar-refractivity contribution in [3.63, 3.8) is 0 Å². The lowest BCUT2D eigenvalue weighted by Gasteiger charge is -2.44. The Hall–Kier alpha value is -1.99. The summed E-state index contributed by atoms with van der Waals surface area (Å²) in [6.45, 7) is 1.97. The van der Waals surface area contributed by atoms with E-state index in [9.17, 15) is 9.18 Å². The number of carbonyl (C=O) groups excluding carboxylic acids is 1. The van der Waals surface area contributed by atoms with Crippen LogP contribution >= 0.6 is 28.1 Å². The number of likely N-dealkylation sites (N-methyl/N-ethyl adjacent to an activating group) is 1. The van der Waals surface area contributed by atoms with Crippen LogP contribution in [0.1, 0.15) is 24.5 Å². The number of hydrogen-bond donors (Lipinski definition) is 1. The summed E-state index contributed by atoms with van der Waals surface area (Å²) in [6, 6.07) is 12.0. The number of carbonyl (C=O) groups is 1. The van der Waals surface area contributed by atoms with Gasteiger partial charge in [-0.3, -0.25) is 9.69 Å². The fourth-order valence-corrected chi connectivity index (χ4v) is 4.63. The van der Waals surface area contributed by atoms with E-state index in [0.29, 0.717) is 23.7 Å². The Kier molecular flexibility index (Phi) is 4.27. The lowest BCUT2D eigenvalue weighted by molar-refractivity contribution is -0.134. The number of nitrogens with zero attached hydrogens (tertiary/aromatic N) is 1. The normalized spacial score (nSPS) is 26.7. The Balaban J connectivity index is 1.80. The number of benzene rings is 2. The van der Waals surface area contributed by atoms with Crippen molar-refractivity contribution in [1.29, 1.82) is 0 Å². The smallest absolute Gasteiger partial charge is 0.259 e. The van der Waals surface area contributed by atoms with Crippen molar-refractivity contribution in [3.05, 3.63) is 63.9 Å². The van der Waals surface area contributed by atoms with Gasteiger partial charge >= 0.3 is 0 Å². The molecule has 0 radical (unpaired) electrons. The van der Waals surface area contributed by atoms with Crippen molar-refractivity contribution in [2.24, 2.45) is 0 Å². The van der Waals surface area contributed by atoms with Crippen molar-refractivity contribution in [1.82, 2.24) is 10.2 Å². The molecule has 4 rings (SSSR count). The molecule has 2 aromatic rings. The van der Waals surface area contributed by atoms with Crippen LogP contribution in [-0.4, -0.2) is 28.6 Å². The Morgan fingerprint density at radius 2 is 2.00 bits per heavy atom. The number of ether oxygens (including phenoxy) is 1. The summed E-state index contributed by atoms with van der Waals surface area (Å²) >= 11 is 8.84. The molecular weight excluding hydrogens is 431 g/mol. The second-order valence-electron chi connectivity index (χ2n) is 7.37. The minimum absolute atomic E-state index is 0.0968. The summed E-state index contributed by atoms with van der Waals surface area (Å²) in [5.41, 5.74) is 0.0706. The highest BCUT2D eigenvalue weighted by molar-refractivity contribution is 9.10. The maximum Gasteiger partial charge on any atom is 0.259 e. The van der Waals surface area contributed by atoms with Crippen LogP contribution in [0.3, 0.4) is 0 Å². The largest absolute Gasteiger partial charge is 0.487 e. The topological polar surface area (TPSA) is 41.6 Å². The maximum atomic E-state index is 13.3. The fraction of sp³-hybridized carbons (Fsp3) is 0.300. The van der Waals surface area contributed by atoms with Crippen molar-refractivity contribution >= 4 is 39.2 Å². The van der Waals surface area contributed by atoms with Gasteiger partial charge < -0.3 is 10.1 Å². The van der Waals surface area contributed by atoms with E-state index in [2.05, 4.69) is 21.2 Å². The summed E-state index contributed by atoms with van der Waals surface area (Å²) < 4.78 is 20.5. The first-order valence-electron chi connectivity index (χ1n) is 8.56. The predicted octanol–water partition coefficient (Wildman–Crippen LogP) is 3.91. The third-order valence-corrected chi connectivity index (χ3v) is 6.05. The van der Waals surface area contributed by atoms with Gasteiger partial charge in [-0.15, -0.1) is 0 Å². The predicted molar refractivity (Wildman–Crippen MR) is 108 cm³/mol. The molecular formula is C20H18BrFN2O2S. The van der Waals surface area contributed by atoms with Gasteiger partial charge in [0.25, 0.3) is 5.91 Å². The molecule has 1 saturated heterocycles. The van der Waals surface area contributed by atoms with Crippen LogP contribution in [0.5, 0.6) is 5.75 Å². The molecule has 7 heteroatoms. The Labute approximate surface area is 170 Å². The molecule has 2 aliphatic heterocycles. The summed E-state index contributed by atoms with van der Waals surface area (Å²) in [5, 5.41) is 3.65. The average Bonchev–Trinajstić information content (AvgIpc) is 2.82. The molecule has 2 unspecified atom stereocenters. The number of halogens is 2. The zero-order chi connectivity index (χ0) is 19.4. The van der Waals surface area contributed by atoms with Crippen molar-refractivity contribution in [3.8, 4) is 5.75 Å². The molecule has 27 heavy (non-hydrogen) atoms. The van der Waals surface area contributed by atoms with Gasteiger partial charge in [-0.25, -0.2) is 4.39 Å². The highest BCUT2D eigenvalue weighted by Crippen LogP contribution is 2.48. The van der Waals surface area contributed by atoms with Crippen LogP contribution in [0.2, 0.25) is 0 Å². The second kappa shape index (κ2) is 6.27. The Morgan fingerprint density at radius 1 is 1.30 bits per heavy atom. The zero-order valence-electron chi connectivity index (χ0n) is 14.9. The van der Waals surface area contributed by atoms with E-state index in [0.717, 1.165) is 15.6 Å². The van der Waals surface area contributed by atoms with Crippen molar-refractivity contribution in [2.75, 3.05) is 7.05 Å². The van der Waals surface area contributed by atoms with Crippen LogP contribution in [0.15, 0.2) is 46.9 Å². The summed E-state index contributed by atoms with van der Waals surface area (Å²) in [7, 11) is 1.68. The van der Waals surface area contributed by atoms with Gasteiger partial charge in [0.15, 0.2) is 10.7 Å². The van der Waals surface area contributed by atoms with Crippen molar-refractivity contribution < 1.29 is 13.9 Å². The first-order valence-corrected chi connectivity index (χ1v) is 9.76. The van der Waals surface area contributed by atoms with Crippen LogP contribution in [-0.2, 0) is 16.8 Å². The van der Waals surface area contributed by atoms with E-state index < -0.39 is 11.1 Å². The summed E-state index contributed by atoms with van der Waals surface area (Å²) in [5.74, 6) is 0.272. The lowest BCUT2D eigenvalue weighted by Crippen LogP contribution is -2.55. The first-order chi connectivity index (χ1) is 12.7. The SMILES string of the molecule is CN1C(=O)C2(CC(C)(Cc3ccc(F)cc3)Oc3ccc(Br)cc32)NC1=S. The average molecular weight is 449 g/mol. The molecule has 1 amide bonds. The fourth-order valence-electron chi connectivity index (χ4n) is 4.02. The van der Waals surface area contributed by atoms with Crippen LogP contribution in [0, 0.1) is 5.82 Å². The van der Waals surface area contributed by atoms with Crippen LogP contribution < -0.4 is 10.1 Å². The molecule has 4 nitrogen and oxygen atoms in total. The Bertz CT molecular complexity index is 951. The van der Waals surface area contributed by atoms with Gasteiger partial charge in [0.2, 0.25) is 0 Å². The Morgan fingerprint density at radius 3 is 2.63 bits per heavy atom. The van der Waals surface area contributed by atoms with E-state index >= 15 is 0 Å². The molecule has 2 atom stereocenters. The van der Waals surface area contributed by atoms with E-state index in [4.69, 9.17) is 17.0 Å². The van der Waals surface area contributed by atoms with Gasteiger partial charge in [0.05, 0.1) is 0 Å². The molecule has 0 bridgehead atoms. The number of rotatable bonds is 2. The maximum absolute atomic E-state index is 13.3. The third-order valence-electron chi connectivity index (χ3n) is 5.18. The molecule has 2 aromatic carbocycles. The molecule has 2 aliphatic rings. The van der Waals surface area contributed by atoms with Gasteiger partial charge in [-0.1, -0.05) is 28.1 Å². The van der Waals surface area contributed by atoms with Crippen molar-refractivity contribution in [2.45, 2.75) is 30.9 Å². The molecule has 1 spiro atoms. The van der Waals surface area contributed by atoms with Gasteiger partial charge in [0, 0.05) is 29.9 Å². The molecule has 0 aliphatic carbocycles. The van der Waals surface area contributed by atoms with Gasteiger partial charge in [-0.05, 0) is 55.0 Å². The molecule has 2 heterocycles. The number of fused-ring (bicyclic) bond motifs is 2. The molecule has 140 valence electrons. The number of hydrogen-bond acceptors (Lipinski definition) is 3. The minimum atomic E-state index is -0.974. The van der Waals surface area contributed by atoms with Gasteiger partial charge in [0.1, 0.15) is 17.2 Å². The number of thiocarbonyl (C=S) groups is 1. The zero-order valence-corrected chi connectivity index (χ0v) is 17.3. The first kappa shape index (κ1) is 18.4. The van der Waals surface area contributed by atoms with E-state index in [-0.39, 0.29) is 11.7 Å². The van der Waals surface area contributed by atoms with Crippen LogP contribution in [0.4, 0.5) is 4.39 Å². The molecule has 1 N–H and O–H groups in total. The highest BCUT2D eigenvalue weighted by Gasteiger charge is 2.57. The quantitative estimate of drug-likeness (QED) is 0.707. The molecule has 1 fully saturated rings. The lowest BCUT2D eigenvalue weighted by atomic mass is 9.75. The molecule has 0 aromatic heterocycles. The van der Waals surface area contributed by atoms with E-state index in [1.807, 2.05) is 25.1 Å².